The summed E-state index contributed by atoms with van der Waals surface area (Å²) in [5, 5.41) is 0. The second kappa shape index (κ2) is 5.60. The van der Waals surface area contributed by atoms with Gasteiger partial charge in [0, 0.05) is 24.1 Å². The van der Waals surface area contributed by atoms with Gasteiger partial charge in [-0.15, -0.1) is 0 Å². The molecule has 106 valence electrons. The SMILES string of the molecule is CC(N)c1cccnc1Oc1ccc(S(C)(=O)=O)cc1. The van der Waals surface area contributed by atoms with Crippen LogP contribution in [0.15, 0.2) is 47.5 Å². The summed E-state index contributed by atoms with van der Waals surface area (Å²) in [5.41, 5.74) is 6.64. The predicted octanol–water partition coefficient (Wildman–Crippen LogP) is 2.30. The van der Waals surface area contributed by atoms with Gasteiger partial charge in [0.2, 0.25) is 5.88 Å². The van der Waals surface area contributed by atoms with E-state index in [2.05, 4.69) is 4.98 Å². The molecule has 6 heteroatoms. The lowest BCUT2D eigenvalue weighted by molar-refractivity contribution is 0.451. The van der Waals surface area contributed by atoms with Crippen molar-refractivity contribution in [2.45, 2.75) is 17.9 Å². The molecule has 20 heavy (non-hydrogen) atoms. The van der Waals surface area contributed by atoms with E-state index in [1.54, 1.807) is 24.4 Å². The van der Waals surface area contributed by atoms with Gasteiger partial charge in [-0.25, -0.2) is 13.4 Å². The van der Waals surface area contributed by atoms with Crippen molar-refractivity contribution < 1.29 is 13.2 Å². The molecule has 0 aliphatic heterocycles. The van der Waals surface area contributed by atoms with Crippen molar-refractivity contribution in [2.24, 2.45) is 5.73 Å². The minimum absolute atomic E-state index is 0.200. The molecular weight excluding hydrogens is 276 g/mol. The summed E-state index contributed by atoms with van der Waals surface area (Å²) < 4.78 is 28.4. The van der Waals surface area contributed by atoms with Crippen molar-refractivity contribution >= 4 is 9.84 Å². The van der Waals surface area contributed by atoms with E-state index < -0.39 is 9.84 Å². The molecule has 0 radical (unpaired) electrons. The predicted molar refractivity (Wildman–Crippen MR) is 76.5 cm³/mol. The van der Waals surface area contributed by atoms with Crippen LogP contribution in [0.4, 0.5) is 0 Å². The van der Waals surface area contributed by atoms with Crippen molar-refractivity contribution in [3.05, 3.63) is 48.2 Å². The maximum Gasteiger partial charge on any atom is 0.223 e. The Morgan fingerprint density at radius 2 is 1.85 bits per heavy atom. The van der Waals surface area contributed by atoms with Crippen LogP contribution < -0.4 is 10.5 Å². The fourth-order valence-electron chi connectivity index (χ4n) is 1.70. The zero-order valence-electron chi connectivity index (χ0n) is 11.3. The molecule has 0 aliphatic rings. The summed E-state index contributed by atoms with van der Waals surface area (Å²) in [6.45, 7) is 1.84. The third-order valence-electron chi connectivity index (χ3n) is 2.76. The largest absolute Gasteiger partial charge is 0.439 e. The molecule has 0 fully saturated rings. The number of sulfone groups is 1. The van der Waals surface area contributed by atoms with Gasteiger partial charge in [-0.05, 0) is 37.3 Å². The van der Waals surface area contributed by atoms with Crippen molar-refractivity contribution in [1.29, 1.82) is 0 Å². The van der Waals surface area contributed by atoms with Crippen LogP contribution in [0.3, 0.4) is 0 Å². The molecule has 1 heterocycles. The molecule has 1 aromatic carbocycles. The number of pyridine rings is 1. The second-order valence-electron chi connectivity index (χ2n) is 4.53. The lowest BCUT2D eigenvalue weighted by Gasteiger charge is -2.12. The van der Waals surface area contributed by atoms with Crippen molar-refractivity contribution in [3.63, 3.8) is 0 Å². The maximum atomic E-state index is 11.4. The number of aromatic nitrogens is 1. The number of nitrogens with two attached hydrogens (primary N) is 1. The molecule has 0 spiro atoms. The Kier molecular flexibility index (Phi) is 4.06. The average molecular weight is 292 g/mol. The van der Waals surface area contributed by atoms with Gasteiger partial charge in [-0.2, -0.15) is 0 Å². The van der Waals surface area contributed by atoms with E-state index in [4.69, 9.17) is 10.5 Å². The van der Waals surface area contributed by atoms with Crippen LogP contribution in [-0.4, -0.2) is 19.7 Å². The molecule has 2 aromatic rings. The van der Waals surface area contributed by atoms with E-state index in [0.29, 0.717) is 11.6 Å². The zero-order valence-corrected chi connectivity index (χ0v) is 12.1. The number of hydrogen-bond acceptors (Lipinski definition) is 5. The van der Waals surface area contributed by atoms with Gasteiger partial charge < -0.3 is 10.5 Å². The smallest absolute Gasteiger partial charge is 0.223 e. The van der Waals surface area contributed by atoms with E-state index in [9.17, 15) is 8.42 Å². The summed E-state index contributed by atoms with van der Waals surface area (Å²) in [7, 11) is -3.21. The van der Waals surface area contributed by atoms with Gasteiger partial charge in [0.1, 0.15) is 5.75 Å². The first kappa shape index (κ1) is 14.5. The molecule has 0 saturated heterocycles. The van der Waals surface area contributed by atoms with Gasteiger partial charge in [-0.1, -0.05) is 6.07 Å². The minimum Gasteiger partial charge on any atom is -0.439 e. The van der Waals surface area contributed by atoms with E-state index in [1.165, 1.54) is 12.1 Å². The normalized spacial score (nSPS) is 12.9. The number of ether oxygens (including phenoxy) is 1. The Balaban J connectivity index is 2.27. The summed E-state index contributed by atoms with van der Waals surface area (Å²) >= 11 is 0. The van der Waals surface area contributed by atoms with E-state index in [0.717, 1.165) is 11.8 Å². The van der Waals surface area contributed by atoms with Gasteiger partial charge in [-0.3, -0.25) is 0 Å². The molecule has 0 bridgehead atoms. The summed E-state index contributed by atoms with van der Waals surface area (Å²) in [5.74, 6) is 0.938. The Morgan fingerprint density at radius 1 is 1.20 bits per heavy atom. The third-order valence-corrected chi connectivity index (χ3v) is 3.89. The second-order valence-corrected chi connectivity index (χ2v) is 6.55. The molecule has 0 saturated carbocycles. The fraction of sp³-hybridized carbons (Fsp3) is 0.214. The molecule has 5 nitrogen and oxygen atoms in total. The Morgan fingerprint density at radius 3 is 2.40 bits per heavy atom. The third kappa shape index (κ3) is 3.34. The van der Waals surface area contributed by atoms with Crippen LogP contribution in [0.1, 0.15) is 18.5 Å². The zero-order chi connectivity index (χ0) is 14.8. The van der Waals surface area contributed by atoms with Crippen LogP contribution >= 0.6 is 0 Å². The first-order valence-electron chi connectivity index (χ1n) is 6.06. The highest BCUT2D eigenvalue weighted by Gasteiger charge is 2.11. The lowest BCUT2D eigenvalue weighted by atomic mass is 10.1. The first-order valence-corrected chi connectivity index (χ1v) is 7.95. The fourth-order valence-corrected chi connectivity index (χ4v) is 2.33. The molecule has 1 aromatic heterocycles. The van der Waals surface area contributed by atoms with Crippen molar-refractivity contribution in [1.82, 2.24) is 4.98 Å². The first-order chi connectivity index (χ1) is 9.38. The van der Waals surface area contributed by atoms with Gasteiger partial charge in [0.15, 0.2) is 9.84 Å². The molecule has 0 aliphatic carbocycles. The lowest BCUT2D eigenvalue weighted by Crippen LogP contribution is -2.07. The molecule has 1 atom stereocenters. The Hall–Kier alpha value is -1.92. The monoisotopic (exact) mass is 292 g/mol. The van der Waals surface area contributed by atoms with E-state index in [-0.39, 0.29) is 10.9 Å². The van der Waals surface area contributed by atoms with Crippen LogP contribution in [0, 0.1) is 0 Å². The Bertz CT molecular complexity index is 695. The number of hydrogen-bond donors (Lipinski definition) is 1. The molecular formula is C14H16N2O3S. The number of nitrogens with zero attached hydrogens (tertiary/aromatic N) is 1. The number of rotatable bonds is 4. The number of benzene rings is 1. The highest BCUT2D eigenvalue weighted by atomic mass is 32.2. The van der Waals surface area contributed by atoms with Crippen LogP contribution in [0.5, 0.6) is 11.6 Å². The van der Waals surface area contributed by atoms with Crippen LogP contribution in [-0.2, 0) is 9.84 Å². The van der Waals surface area contributed by atoms with Crippen molar-refractivity contribution in [3.8, 4) is 11.6 Å². The summed E-state index contributed by atoms with van der Waals surface area (Å²) in [6.07, 6.45) is 2.78. The van der Waals surface area contributed by atoms with E-state index >= 15 is 0 Å². The quantitative estimate of drug-likeness (QED) is 0.935. The summed E-state index contributed by atoms with van der Waals surface area (Å²) in [4.78, 5) is 4.39. The molecule has 2 N–H and O–H groups in total. The van der Waals surface area contributed by atoms with Crippen LogP contribution in [0.25, 0.3) is 0 Å². The Labute approximate surface area is 118 Å². The average Bonchev–Trinajstić information content (AvgIpc) is 2.38. The standard InChI is InChI=1S/C14H16N2O3S/c1-10(15)13-4-3-9-16-14(13)19-11-5-7-12(8-6-11)20(2,17)18/h3-10H,15H2,1-2H3. The highest BCUT2D eigenvalue weighted by Crippen LogP contribution is 2.26. The van der Waals surface area contributed by atoms with Gasteiger partial charge >= 0.3 is 0 Å². The molecule has 2 rings (SSSR count). The molecule has 1 unspecified atom stereocenters. The van der Waals surface area contributed by atoms with Crippen molar-refractivity contribution in [2.75, 3.05) is 6.26 Å². The summed E-state index contributed by atoms with van der Waals surface area (Å²) in [6, 6.07) is 9.62. The van der Waals surface area contributed by atoms with E-state index in [1.807, 2.05) is 13.0 Å². The van der Waals surface area contributed by atoms with Gasteiger partial charge in [0.25, 0.3) is 0 Å². The minimum atomic E-state index is -3.21. The maximum absolute atomic E-state index is 11.4. The topological polar surface area (TPSA) is 82.3 Å². The molecule has 0 amide bonds. The van der Waals surface area contributed by atoms with Crippen LogP contribution in [0.2, 0.25) is 0 Å². The van der Waals surface area contributed by atoms with Gasteiger partial charge in [0.05, 0.1) is 4.90 Å². The highest BCUT2D eigenvalue weighted by molar-refractivity contribution is 7.90.